The van der Waals surface area contributed by atoms with Gasteiger partial charge in [-0.25, -0.2) is 0 Å². The second kappa shape index (κ2) is 10.4. The maximum atomic E-state index is 13.0. The van der Waals surface area contributed by atoms with E-state index < -0.39 is 0 Å². The molecular weight excluding hydrogens is 414 g/mol. The Hall–Kier alpha value is -2.86. The summed E-state index contributed by atoms with van der Waals surface area (Å²) in [4.78, 5) is 39.6. The third-order valence-corrected chi connectivity index (χ3v) is 5.49. The van der Waals surface area contributed by atoms with Gasteiger partial charge in [0, 0.05) is 41.5 Å². The van der Waals surface area contributed by atoms with E-state index in [0.717, 1.165) is 12.8 Å². The standard InChI is InChI=1S/C24H28ClN3O3/c1-16(2)14-26-22(29)19-6-4-12-28(15-19)24(31)18-5-3-7-21(13-18)27-23(30)17-8-10-20(25)11-9-17/h3,5,7-11,13,16,19H,4,6,12,14-15H2,1-2H3,(H,26,29)(H,27,30). The van der Waals surface area contributed by atoms with Crippen molar-refractivity contribution in [2.45, 2.75) is 26.7 Å². The summed E-state index contributed by atoms with van der Waals surface area (Å²) in [7, 11) is 0. The van der Waals surface area contributed by atoms with Gasteiger partial charge in [-0.05, 0) is 61.2 Å². The molecule has 1 fully saturated rings. The molecular formula is C24H28ClN3O3. The molecule has 31 heavy (non-hydrogen) atoms. The molecule has 1 saturated heterocycles. The minimum atomic E-state index is -0.277. The molecule has 1 unspecified atom stereocenters. The Kier molecular flexibility index (Phi) is 7.69. The van der Waals surface area contributed by atoms with Gasteiger partial charge in [-0.2, -0.15) is 0 Å². The first-order valence-corrected chi connectivity index (χ1v) is 10.9. The van der Waals surface area contributed by atoms with Crippen LogP contribution in [0.5, 0.6) is 0 Å². The lowest BCUT2D eigenvalue weighted by atomic mass is 9.96. The van der Waals surface area contributed by atoms with Crippen molar-refractivity contribution in [3.8, 4) is 0 Å². The van der Waals surface area contributed by atoms with Gasteiger partial charge in [-0.15, -0.1) is 0 Å². The van der Waals surface area contributed by atoms with Crippen LogP contribution < -0.4 is 10.6 Å². The molecule has 0 spiro atoms. The smallest absolute Gasteiger partial charge is 0.255 e. The summed E-state index contributed by atoms with van der Waals surface area (Å²) in [6.07, 6.45) is 1.57. The maximum absolute atomic E-state index is 13.0. The molecule has 7 heteroatoms. The number of piperidine rings is 1. The van der Waals surface area contributed by atoms with Crippen LogP contribution in [-0.2, 0) is 4.79 Å². The van der Waals surface area contributed by atoms with E-state index in [9.17, 15) is 14.4 Å². The van der Waals surface area contributed by atoms with Gasteiger partial charge in [-0.1, -0.05) is 31.5 Å². The number of halogens is 1. The third kappa shape index (κ3) is 6.31. The number of carbonyl (C=O) groups is 3. The molecule has 6 nitrogen and oxygen atoms in total. The first kappa shape index (κ1) is 22.8. The van der Waals surface area contributed by atoms with Crippen molar-refractivity contribution in [1.82, 2.24) is 10.2 Å². The van der Waals surface area contributed by atoms with Gasteiger partial charge in [0.05, 0.1) is 5.92 Å². The van der Waals surface area contributed by atoms with E-state index in [1.807, 2.05) is 0 Å². The zero-order chi connectivity index (χ0) is 22.4. The van der Waals surface area contributed by atoms with Crippen LogP contribution in [0.15, 0.2) is 48.5 Å². The Balaban J connectivity index is 1.64. The van der Waals surface area contributed by atoms with Crippen molar-refractivity contribution in [3.63, 3.8) is 0 Å². The number of carbonyl (C=O) groups excluding carboxylic acids is 3. The number of likely N-dealkylation sites (tertiary alicyclic amines) is 1. The van der Waals surface area contributed by atoms with Crippen molar-refractivity contribution >= 4 is 35.0 Å². The monoisotopic (exact) mass is 441 g/mol. The number of nitrogens with zero attached hydrogens (tertiary/aromatic N) is 1. The third-order valence-electron chi connectivity index (χ3n) is 5.24. The molecule has 0 bridgehead atoms. The summed E-state index contributed by atoms with van der Waals surface area (Å²) in [5, 5.41) is 6.34. The number of hydrogen-bond donors (Lipinski definition) is 2. The minimum Gasteiger partial charge on any atom is -0.356 e. The largest absolute Gasteiger partial charge is 0.356 e. The minimum absolute atomic E-state index is 0.00942. The first-order valence-electron chi connectivity index (χ1n) is 10.6. The molecule has 0 aliphatic carbocycles. The summed E-state index contributed by atoms with van der Waals surface area (Å²) in [6.45, 7) is 5.77. The molecule has 0 aromatic heterocycles. The van der Waals surface area contributed by atoms with Gasteiger partial charge >= 0.3 is 0 Å². The Bertz CT molecular complexity index is 943. The van der Waals surface area contributed by atoms with Crippen molar-refractivity contribution in [1.29, 1.82) is 0 Å². The molecule has 2 N–H and O–H groups in total. The van der Waals surface area contributed by atoms with Crippen molar-refractivity contribution in [3.05, 3.63) is 64.7 Å². The second-order valence-electron chi connectivity index (χ2n) is 8.27. The number of nitrogens with one attached hydrogen (secondary N) is 2. The fraction of sp³-hybridized carbons (Fsp3) is 0.375. The normalized spacial score (nSPS) is 16.1. The number of anilines is 1. The van der Waals surface area contributed by atoms with E-state index in [-0.39, 0.29) is 23.6 Å². The zero-order valence-corrected chi connectivity index (χ0v) is 18.6. The predicted octanol–water partition coefficient (Wildman–Crippen LogP) is 4.22. The highest BCUT2D eigenvalue weighted by molar-refractivity contribution is 6.30. The molecule has 0 saturated carbocycles. The van der Waals surface area contributed by atoms with Gasteiger partial charge in [0.25, 0.3) is 11.8 Å². The summed E-state index contributed by atoms with van der Waals surface area (Å²) >= 11 is 5.87. The number of hydrogen-bond acceptors (Lipinski definition) is 3. The lowest BCUT2D eigenvalue weighted by Crippen LogP contribution is -2.46. The lowest BCUT2D eigenvalue weighted by molar-refractivity contribution is -0.126. The van der Waals surface area contributed by atoms with Crippen LogP contribution in [-0.4, -0.2) is 42.3 Å². The Morgan fingerprint density at radius 1 is 1.10 bits per heavy atom. The predicted molar refractivity (Wildman–Crippen MR) is 122 cm³/mol. The molecule has 3 rings (SSSR count). The van der Waals surface area contributed by atoms with E-state index in [1.54, 1.807) is 53.4 Å². The fourth-order valence-corrected chi connectivity index (χ4v) is 3.67. The van der Waals surface area contributed by atoms with E-state index in [0.29, 0.717) is 47.4 Å². The number of rotatable bonds is 6. The van der Waals surface area contributed by atoms with Crippen LogP contribution in [0, 0.1) is 11.8 Å². The van der Waals surface area contributed by atoms with Gasteiger partial charge < -0.3 is 15.5 Å². The Morgan fingerprint density at radius 2 is 1.84 bits per heavy atom. The number of benzene rings is 2. The van der Waals surface area contributed by atoms with E-state index in [4.69, 9.17) is 11.6 Å². The average Bonchev–Trinajstić information content (AvgIpc) is 2.77. The second-order valence-corrected chi connectivity index (χ2v) is 8.71. The van der Waals surface area contributed by atoms with Gasteiger partial charge in [-0.3, -0.25) is 14.4 Å². The van der Waals surface area contributed by atoms with Gasteiger partial charge in [0.1, 0.15) is 0 Å². The quantitative estimate of drug-likeness (QED) is 0.704. The molecule has 1 aliphatic rings. The van der Waals surface area contributed by atoms with E-state index in [1.165, 1.54) is 0 Å². The van der Waals surface area contributed by atoms with Gasteiger partial charge in [0.15, 0.2) is 0 Å². The highest BCUT2D eigenvalue weighted by Gasteiger charge is 2.29. The molecule has 2 aromatic carbocycles. The fourth-order valence-electron chi connectivity index (χ4n) is 3.54. The Morgan fingerprint density at radius 3 is 2.55 bits per heavy atom. The highest BCUT2D eigenvalue weighted by atomic mass is 35.5. The SMILES string of the molecule is CC(C)CNC(=O)C1CCCN(C(=O)c2cccc(NC(=O)c3ccc(Cl)cc3)c2)C1. The van der Waals surface area contributed by atoms with Crippen LogP contribution in [0.4, 0.5) is 5.69 Å². The van der Waals surface area contributed by atoms with Crippen LogP contribution in [0.1, 0.15) is 47.4 Å². The molecule has 1 aliphatic heterocycles. The summed E-state index contributed by atoms with van der Waals surface area (Å²) in [5.41, 5.74) is 1.50. The molecule has 0 radical (unpaired) electrons. The first-order chi connectivity index (χ1) is 14.8. The van der Waals surface area contributed by atoms with Crippen molar-refractivity contribution < 1.29 is 14.4 Å². The molecule has 164 valence electrons. The zero-order valence-electron chi connectivity index (χ0n) is 17.9. The van der Waals surface area contributed by atoms with Crippen molar-refractivity contribution in [2.75, 3.05) is 25.0 Å². The maximum Gasteiger partial charge on any atom is 0.255 e. The van der Waals surface area contributed by atoms with Crippen LogP contribution in [0.2, 0.25) is 5.02 Å². The Labute approximate surface area is 188 Å². The van der Waals surface area contributed by atoms with E-state index in [2.05, 4.69) is 24.5 Å². The van der Waals surface area contributed by atoms with Crippen LogP contribution in [0.3, 0.4) is 0 Å². The van der Waals surface area contributed by atoms with Crippen molar-refractivity contribution in [2.24, 2.45) is 11.8 Å². The summed E-state index contributed by atoms with van der Waals surface area (Å²) in [5.74, 6) is -0.208. The molecule has 1 atom stereocenters. The number of amides is 3. The lowest BCUT2D eigenvalue weighted by Gasteiger charge is -2.32. The highest BCUT2D eigenvalue weighted by Crippen LogP contribution is 2.21. The average molecular weight is 442 g/mol. The summed E-state index contributed by atoms with van der Waals surface area (Å²) in [6, 6.07) is 13.5. The van der Waals surface area contributed by atoms with Crippen LogP contribution >= 0.6 is 11.6 Å². The van der Waals surface area contributed by atoms with Gasteiger partial charge in [0.2, 0.25) is 5.91 Å². The topological polar surface area (TPSA) is 78.5 Å². The van der Waals surface area contributed by atoms with E-state index >= 15 is 0 Å². The van der Waals surface area contributed by atoms with Crippen LogP contribution in [0.25, 0.3) is 0 Å². The summed E-state index contributed by atoms with van der Waals surface area (Å²) < 4.78 is 0. The molecule has 1 heterocycles. The molecule has 2 aromatic rings. The molecule has 3 amide bonds.